The minimum absolute atomic E-state index is 0.0208. The molecule has 1 saturated heterocycles. The highest BCUT2D eigenvalue weighted by Gasteiger charge is 2.38. The maximum absolute atomic E-state index is 13.4. The number of aromatic nitrogens is 2. The van der Waals surface area contributed by atoms with Crippen LogP contribution in [0, 0.1) is 5.92 Å². The van der Waals surface area contributed by atoms with Crippen molar-refractivity contribution < 1.29 is 4.79 Å². The number of carbonyl (C=O) groups excluding carboxylic acids is 1. The van der Waals surface area contributed by atoms with Crippen LogP contribution in [0.5, 0.6) is 0 Å². The minimum Gasteiger partial charge on any atom is -0.353 e. The van der Waals surface area contributed by atoms with E-state index in [1.807, 2.05) is 30.3 Å². The van der Waals surface area contributed by atoms with Crippen molar-refractivity contribution in [2.75, 3.05) is 22.9 Å². The molecule has 1 aliphatic rings. The number of rotatable bonds is 9. The predicted molar refractivity (Wildman–Crippen MR) is 110 cm³/mol. The van der Waals surface area contributed by atoms with Gasteiger partial charge in [0.15, 0.2) is 5.82 Å². The summed E-state index contributed by atoms with van der Waals surface area (Å²) in [5.41, 5.74) is 1.02. The molecule has 5 heteroatoms. The summed E-state index contributed by atoms with van der Waals surface area (Å²) in [6, 6.07) is 14.2. The van der Waals surface area contributed by atoms with Crippen molar-refractivity contribution >= 4 is 17.4 Å². The van der Waals surface area contributed by atoms with Crippen LogP contribution < -0.4 is 9.80 Å². The molecule has 0 radical (unpaired) electrons. The Morgan fingerprint density at radius 2 is 1.93 bits per heavy atom. The van der Waals surface area contributed by atoms with Gasteiger partial charge in [-0.1, -0.05) is 51.3 Å². The van der Waals surface area contributed by atoms with Crippen molar-refractivity contribution in [3.8, 4) is 0 Å². The summed E-state index contributed by atoms with van der Waals surface area (Å²) in [4.78, 5) is 17.6. The second-order valence-electron chi connectivity index (χ2n) is 7.29. The maximum Gasteiger partial charge on any atom is 0.233 e. The number of para-hydroxylation sites is 1. The summed E-state index contributed by atoms with van der Waals surface area (Å²) in [7, 11) is 0. The molecule has 1 aliphatic heterocycles. The predicted octanol–water partition coefficient (Wildman–Crippen LogP) is 4.30. The summed E-state index contributed by atoms with van der Waals surface area (Å²) < 4.78 is 0. The highest BCUT2D eigenvalue weighted by Crippen LogP contribution is 2.29. The lowest BCUT2D eigenvalue weighted by Crippen LogP contribution is -2.57. The van der Waals surface area contributed by atoms with E-state index in [4.69, 9.17) is 0 Å². The Morgan fingerprint density at radius 1 is 1.15 bits per heavy atom. The van der Waals surface area contributed by atoms with Crippen molar-refractivity contribution in [2.45, 2.75) is 52.0 Å². The summed E-state index contributed by atoms with van der Waals surface area (Å²) in [5, 5.41) is 8.09. The molecule has 1 amide bonds. The SMILES string of the molecule is CCCCCC(CC)N(C(=O)C1CN(c2cccnn2)C1)c1ccccc1. The van der Waals surface area contributed by atoms with Crippen LogP contribution in [0.2, 0.25) is 0 Å². The zero-order valence-electron chi connectivity index (χ0n) is 16.4. The molecule has 1 aromatic heterocycles. The standard InChI is InChI=1S/C22H30N4O/c1-3-5-7-11-19(4-2)26(20-12-8-6-9-13-20)22(27)18-16-25(17-18)21-14-10-15-23-24-21/h6,8-10,12-15,18-19H,3-5,7,11,16-17H2,1-2H3. The van der Waals surface area contributed by atoms with Crippen molar-refractivity contribution in [1.82, 2.24) is 10.2 Å². The van der Waals surface area contributed by atoms with E-state index in [0.717, 1.165) is 24.3 Å². The Hall–Kier alpha value is -2.43. The molecule has 3 rings (SSSR count). The van der Waals surface area contributed by atoms with Gasteiger partial charge in [-0.2, -0.15) is 5.10 Å². The van der Waals surface area contributed by atoms with E-state index in [9.17, 15) is 4.79 Å². The molecular weight excluding hydrogens is 336 g/mol. The molecule has 2 heterocycles. The van der Waals surface area contributed by atoms with E-state index < -0.39 is 0 Å². The minimum atomic E-state index is 0.0208. The largest absolute Gasteiger partial charge is 0.353 e. The summed E-state index contributed by atoms with van der Waals surface area (Å²) in [6.07, 6.45) is 7.30. The molecule has 1 unspecified atom stereocenters. The molecule has 0 spiro atoms. The van der Waals surface area contributed by atoms with Crippen LogP contribution in [0.15, 0.2) is 48.7 Å². The Morgan fingerprint density at radius 3 is 2.56 bits per heavy atom. The first-order valence-electron chi connectivity index (χ1n) is 10.1. The fourth-order valence-corrected chi connectivity index (χ4v) is 3.73. The Balaban J connectivity index is 1.72. The number of hydrogen-bond donors (Lipinski definition) is 0. The molecule has 27 heavy (non-hydrogen) atoms. The average molecular weight is 367 g/mol. The van der Waals surface area contributed by atoms with Crippen LogP contribution in [-0.2, 0) is 4.79 Å². The number of anilines is 2. The molecule has 0 saturated carbocycles. The van der Waals surface area contributed by atoms with Gasteiger partial charge in [0.25, 0.3) is 0 Å². The van der Waals surface area contributed by atoms with E-state index in [2.05, 4.69) is 46.0 Å². The van der Waals surface area contributed by atoms with Crippen LogP contribution in [-0.4, -0.2) is 35.2 Å². The van der Waals surface area contributed by atoms with Crippen LogP contribution >= 0.6 is 0 Å². The highest BCUT2D eigenvalue weighted by atomic mass is 16.2. The Bertz CT molecular complexity index is 701. The van der Waals surface area contributed by atoms with Crippen molar-refractivity contribution in [1.29, 1.82) is 0 Å². The lowest BCUT2D eigenvalue weighted by Gasteiger charge is -2.43. The second kappa shape index (κ2) is 9.49. The summed E-state index contributed by atoms with van der Waals surface area (Å²) in [5.74, 6) is 1.11. The van der Waals surface area contributed by atoms with Crippen molar-refractivity contribution in [3.05, 3.63) is 48.7 Å². The van der Waals surface area contributed by atoms with Crippen LogP contribution in [0.3, 0.4) is 0 Å². The molecular formula is C22H30N4O. The van der Waals surface area contributed by atoms with Gasteiger partial charge < -0.3 is 9.80 Å². The first-order chi connectivity index (χ1) is 13.2. The Kier molecular flexibility index (Phi) is 6.80. The van der Waals surface area contributed by atoms with Gasteiger partial charge in [-0.05, 0) is 37.1 Å². The lowest BCUT2D eigenvalue weighted by molar-refractivity contribution is -0.123. The van der Waals surface area contributed by atoms with Gasteiger partial charge in [-0.3, -0.25) is 4.79 Å². The molecule has 0 bridgehead atoms. The smallest absolute Gasteiger partial charge is 0.233 e. The number of hydrogen-bond acceptors (Lipinski definition) is 4. The average Bonchev–Trinajstić information content (AvgIpc) is 2.67. The molecule has 1 aromatic carbocycles. The van der Waals surface area contributed by atoms with Crippen molar-refractivity contribution in [2.24, 2.45) is 5.92 Å². The quantitative estimate of drug-likeness (QED) is 0.621. The molecule has 1 atom stereocenters. The van der Waals surface area contributed by atoms with Crippen molar-refractivity contribution in [3.63, 3.8) is 0 Å². The van der Waals surface area contributed by atoms with E-state index in [1.54, 1.807) is 6.20 Å². The van der Waals surface area contributed by atoms with E-state index in [-0.39, 0.29) is 17.9 Å². The van der Waals surface area contributed by atoms with Gasteiger partial charge >= 0.3 is 0 Å². The van der Waals surface area contributed by atoms with Gasteiger partial charge in [0.05, 0.1) is 5.92 Å². The zero-order chi connectivity index (χ0) is 19.1. The third-order valence-corrected chi connectivity index (χ3v) is 5.36. The highest BCUT2D eigenvalue weighted by molar-refractivity contribution is 5.97. The number of carbonyl (C=O) groups is 1. The number of amides is 1. The second-order valence-corrected chi connectivity index (χ2v) is 7.29. The summed E-state index contributed by atoms with van der Waals surface area (Å²) in [6.45, 7) is 5.83. The van der Waals surface area contributed by atoms with Gasteiger partial charge in [0.1, 0.15) is 0 Å². The van der Waals surface area contributed by atoms with Gasteiger partial charge in [-0.15, -0.1) is 5.10 Å². The van der Waals surface area contributed by atoms with E-state index in [0.29, 0.717) is 13.1 Å². The van der Waals surface area contributed by atoms with Gasteiger partial charge in [0, 0.05) is 31.0 Å². The molecule has 5 nitrogen and oxygen atoms in total. The molecule has 1 fully saturated rings. The van der Waals surface area contributed by atoms with Crippen LogP contribution in [0.1, 0.15) is 46.0 Å². The first-order valence-corrected chi connectivity index (χ1v) is 10.1. The van der Waals surface area contributed by atoms with E-state index >= 15 is 0 Å². The fraction of sp³-hybridized carbons (Fsp3) is 0.500. The molecule has 2 aromatic rings. The topological polar surface area (TPSA) is 49.3 Å². The zero-order valence-corrected chi connectivity index (χ0v) is 16.4. The monoisotopic (exact) mass is 366 g/mol. The lowest BCUT2D eigenvalue weighted by atomic mass is 9.95. The third-order valence-electron chi connectivity index (χ3n) is 5.36. The summed E-state index contributed by atoms with van der Waals surface area (Å²) >= 11 is 0. The molecule has 144 valence electrons. The molecule has 0 N–H and O–H groups in total. The fourth-order valence-electron chi connectivity index (χ4n) is 3.73. The molecule has 0 aliphatic carbocycles. The first kappa shape index (κ1) is 19.3. The van der Waals surface area contributed by atoms with Crippen LogP contribution in [0.4, 0.5) is 11.5 Å². The Labute approximate surface area is 162 Å². The maximum atomic E-state index is 13.4. The van der Waals surface area contributed by atoms with Gasteiger partial charge in [0.2, 0.25) is 5.91 Å². The number of nitrogens with zero attached hydrogens (tertiary/aromatic N) is 4. The normalized spacial score (nSPS) is 15.3. The third kappa shape index (κ3) is 4.65. The van der Waals surface area contributed by atoms with E-state index in [1.165, 1.54) is 19.3 Å². The number of benzene rings is 1. The van der Waals surface area contributed by atoms with Gasteiger partial charge in [-0.25, -0.2) is 0 Å². The van der Waals surface area contributed by atoms with Crippen LogP contribution in [0.25, 0.3) is 0 Å². The number of unbranched alkanes of at least 4 members (excludes halogenated alkanes) is 2.